The molecule has 2 aliphatic rings. The number of ketones is 1. The molecule has 0 fully saturated rings. The van der Waals surface area contributed by atoms with Gasteiger partial charge in [-0.15, -0.1) is 16.4 Å². The lowest BCUT2D eigenvalue weighted by Crippen LogP contribution is -2.31. The summed E-state index contributed by atoms with van der Waals surface area (Å²) in [6, 6.07) is 4.02. The van der Waals surface area contributed by atoms with E-state index in [-0.39, 0.29) is 23.7 Å². The van der Waals surface area contributed by atoms with Crippen LogP contribution >= 0.6 is 11.3 Å². The van der Waals surface area contributed by atoms with Gasteiger partial charge in [-0.2, -0.15) is 4.98 Å². The monoisotopic (exact) mass is 301 g/mol. The minimum atomic E-state index is -0.113. The third kappa shape index (κ3) is 1.88. The maximum atomic E-state index is 12.6. The van der Waals surface area contributed by atoms with Crippen LogP contribution in [0.4, 0.5) is 11.9 Å². The van der Waals surface area contributed by atoms with Crippen molar-refractivity contribution in [3.8, 4) is 0 Å². The number of nitrogens with two attached hydrogens (primary N) is 1. The number of nitrogens with zero attached hydrogens (tertiary/aromatic N) is 3. The summed E-state index contributed by atoms with van der Waals surface area (Å²) in [5.41, 5.74) is 7.45. The Bertz CT molecular complexity index is 746. The molecule has 2 aromatic rings. The molecule has 3 N–H and O–H groups in total. The van der Waals surface area contributed by atoms with E-state index in [4.69, 9.17) is 5.73 Å². The summed E-state index contributed by atoms with van der Waals surface area (Å²) in [6.45, 7) is 1.97. The quantitative estimate of drug-likeness (QED) is 0.844. The van der Waals surface area contributed by atoms with Crippen LogP contribution in [0.5, 0.6) is 0 Å². The fourth-order valence-electron chi connectivity index (χ4n) is 3.21. The molecular formula is C14H15N5OS. The van der Waals surface area contributed by atoms with Gasteiger partial charge >= 0.3 is 0 Å². The smallest absolute Gasteiger partial charge is 0.241 e. The van der Waals surface area contributed by atoms with Gasteiger partial charge in [0.2, 0.25) is 11.9 Å². The Balaban J connectivity index is 1.73. The summed E-state index contributed by atoms with van der Waals surface area (Å²) in [4.78, 5) is 18.0. The van der Waals surface area contributed by atoms with Gasteiger partial charge in [0, 0.05) is 28.5 Å². The van der Waals surface area contributed by atoms with Crippen LogP contribution in [0.2, 0.25) is 0 Å². The van der Waals surface area contributed by atoms with Gasteiger partial charge in [0.15, 0.2) is 5.78 Å². The molecule has 108 valence electrons. The molecule has 4 rings (SSSR count). The molecule has 1 aliphatic heterocycles. The lowest BCUT2D eigenvalue weighted by molar-refractivity contribution is -0.116. The molecule has 2 aromatic heterocycles. The van der Waals surface area contributed by atoms with Crippen molar-refractivity contribution < 1.29 is 4.79 Å². The summed E-state index contributed by atoms with van der Waals surface area (Å²) in [5, 5.41) is 9.46. The first-order chi connectivity index (χ1) is 10.1. The van der Waals surface area contributed by atoms with Crippen molar-refractivity contribution in [2.24, 2.45) is 0 Å². The molecule has 0 radical (unpaired) electrons. The first kappa shape index (κ1) is 12.6. The molecule has 3 heterocycles. The highest BCUT2D eigenvalue weighted by atomic mass is 32.1. The van der Waals surface area contributed by atoms with Gasteiger partial charge in [0.25, 0.3) is 0 Å². The SMILES string of the molecule is C[C@H]1C2=C(C[C@@H](c3cccs3)CC2=O)Nc2nc(N)nn21. The van der Waals surface area contributed by atoms with Crippen molar-refractivity contribution in [3.05, 3.63) is 33.7 Å². The molecular weight excluding hydrogens is 286 g/mol. The molecule has 6 nitrogen and oxygen atoms in total. The van der Waals surface area contributed by atoms with E-state index in [1.54, 1.807) is 16.0 Å². The van der Waals surface area contributed by atoms with E-state index in [0.29, 0.717) is 12.4 Å². The number of aromatic nitrogens is 3. The summed E-state index contributed by atoms with van der Waals surface area (Å²) >= 11 is 1.71. The van der Waals surface area contributed by atoms with E-state index in [9.17, 15) is 4.79 Å². The third-order valence-corrected chi connectivity index (χ3v) is 5.18. The van der Waals surface area contributed by atoms with Crippen LogP contribution in [0.15, 0.2) is 28.8 Å². The van der Waals surface area contributed by atoms with Crippen LogP contribution in [0.1, 0.15) is 36.6 Å². The Labute approximate surface area is 125 Å². The van der Waals surface area contributed by atoms with Gasteiger partial charge in [-0.1, -0.05) is 6.07 Å². The first-order valence-corrected chi connectivity index (χ1v) is 7.80. The zero-order valence-corrected chi connectivity index (χ0v) is 12.4. The lowest BCUT2D eigenvalue weighted by atomic mass is 9.82. The molecule has 0 unspecified atom stereocenters. The first-order valence-electron chi connectivity index (χ1n) is 6.92. The highest BCUT2D eigenvalue weighted by molar-refractivity contribution is 7.10. The Kier molecular flexibility index (Phi) is 2.65. The number of nitrogen functional groups attached to an aromatic ring is 1. The van der Waals surface area contributed by atoms with E-state index in [1.165, 1.54) is 4.88 Å². The molecule has 0 aromatic carbocycles. The van der Waals surface area contributed by atoms with Gasteiger partial charge in [-0.25, -0.2) is 4.68 Å². The van der Waals surface area contributed by atoms with Crippen molar-refractivity contribution in [3.63, 3.8) is 0 Å². The van der Waals surface area contributed by atoms with E-state index in [0.717, 1.165) is 17.7 Å². The van der Waals surface area contributed by atoms with Gasteiger partial charge in [-0.3, -0.25) is 4.79 Å². The Morgan fingerprint density at radius 2 is 2.33 bits per heavy atom. The predicted octanol–water partition coefficient (Wildman–Crippen LogP) is 2.31. The molecule has 7 heteroatoms. The van der Waals surface area contributed by atoms with Crippen molar-refractivity contribution in [1.29, 1.82) is 0 Å². The molecule has 0 saturated heterocycles. The Morgan fingerprint density at radius 3 is 3.10 bits per heavy atom. The van der Waals surface area contributed by atoms with Crippen molar-refractivity contribution >= 4 is 29.0 Å². The van der Waals surface area contributed by atoms with Gasteiger partial charge < -0.3 is 11.1 Å². The molecule has 2 atom stereocenters. The van der Waals surface area contributed by atoms with E-state index < -0.39 is 0 Å². The number of carbonyl (C=O) groups excluding carboxylic acids is 1. The lowest BCUT2D eigenvalue weighted by Gasteiger charge is -2.32. The second kappa shape index (κ2) is 4.42. The zero-order valence-electron chi connectivity index (χ0n) is 11.5. The van der Waals surface area contributed by atoms with Gasteiger partial charge in [0.1, 0.15) is 0 Å². The summed E-state index contributed by atoms with van der Waals surface area (Å²) in [5.74, 6) is 1.29. The van der Waals surface area contributed by atoms with E-state index >= 15 is 0 Å². The number of allylic oxidation sites excluding steroid dienone is 2. The minimum Gasteiger partial charge on any atom is -0.366 e. The standard InChI is InChI=1S/C14H15N5OS/c1-7-12-9(16-14-17-13(15)18-19(7)14)5-8(6-10(12)20)11-3-2-4-21-11/h2-4,7-8H,5-6H2,1H3,(H3,15,16,17,18)/t7-,8+/m0/s1. The number of carbonyl (C=O) groups is 1. The molecule has 21 heavy (non-hydrogen) atoms. The molecule has 1 aliphatic carbocycles. The number of rotatable bonds is 1. The van der Waals surface area contributed by atoms with Crippen LogP contribution in [0.3, 0.4) is 0 Å². The summed E-state index contributed by atoms with van der Waals surface area (Å²) in [6.07, 6.45) is 1.39. The second-order valence-corrected chi connectivity index (χ2v) is 6.45. The van der Waals surface area contributed by atoms with Crippen LogP contribution in [-0.2, 0) is 4.79 Å². The number of hydrogen-bond donors (Lipinski definition) is 2. The highest BCUT2D eigenvalue weighted by Gasteiger charge is 2.37. The van der Waals surface area contributed by atoms with Gasteiger partial charge in [-0.05, 0) is 24.8 Å². The normalized spacial score (nSPS) is 24.5. The number of fused-ring (bicyclic) bond motifs is 1. The van der Waals surface area contributed by atoms with Crippen molar-refractivity contribution in [2.45, 2.75) is 31.7 Å². The fourth-order valence-corrected chi connectivity index (χ4v) is 4.04. The average Bonchev–Trinajstić information content (AvgIpc) is 3.06. The molecule has 0 amide bonds. The zero-order chi connectivity index (χ0) is 14.6. The maximum absolute atomic E-state index is 12.6. The maximum Gasteiger partial charge on any atom is 0.241 e. The Hall–Kier alpha value is -2.15. The average molecular weight is 301 g/mol. The van der Waals surface area contributed by atoms with Gasteiger partial charge in [0.05, 0.1) is 6.04 Å². The van der Waals surface area contributed by atoms with Crippen molar-refractivity contribution in [2.75, 3.05) is 11.1 Å². The third-order valence-electron chi connectivity index (χ3n) is 4.15. The molecule has 0 saturated carbocycles. The Morgan fingerprint density at radius 1 is 1.48 bits per heavy atom. The fraction of sp³-hybridized carbons (Fsp3) is 0.357. The highest BCUT2D eigenvalue weighted by Crippen LogP contribution is 2.42. The van der Waals surface area contributed by atoms with Crippen LogP contribution in [0, 0.1) is 0 Å². The van der Waals surface area contributed by atoms with Crippen molar-refractivity contribution in [1.82, 2.24) is 14.8 Å². The number of anilines is 2. The molecule has 0 spiro atoms. The minimum absolute atomic E-state index is 0.113. The number of hydrogen-bond acceptors (Lipinski definition) is 6. The number of thiophene rings is 1. The predicted molar refractivity (Wildman–Crippen MR) is 81.1 cm³/mol. The van der Waals surface area contributed by atoms with E-state index in [1.807, 2.05) is 13.0 Å². The topological polar surface area (TPSA) is 85.8 Å². The number of Topliss-reactive ketones (excluding diaryl/α,β-unsaturated/α-hetero) is 1. The summed E-state index contributed by atoms with van der Waals surface area (Å²) < 4.78 is 1.69. The molecule has 0 bridgehead atoms. The summed E-state index contributed by atoms with van der Waals surface area (Å²) in [7, 11) is 0. The second-order valence-electron chi connectivity index (χ2n) is 5.48. The number of nitrogens with one attached hydrogen (secondary N) is 1. The van der Waals surface area contributed by atoms with Crippen LogP contribution < -0.4 is 11.1 Å². The van der Waals surface area contributed by atoms with Crippen LogP contribution in [-0.4, -0.2) is 20.5 Å². The van der Waals surface area contributed by atoms with Crippen LogP contribution in [0.25, 0.3) is 0 Å². The van der Waals surface area contributed by atoms with E-state index in [2.05, 4.69) is 26.8 Å². The largest absolute Gasteiger partial charge is 0.366 e.